The molecule has 122 valence electrons. The van der Waals surface area contributed by atoms with Crippen LogP contribution < -0.4 is 10.6 Å². The van der Waals surface area contributed by atoms with E-state index in [4.69, 9.17) is 4.74 Å². The van der Waals surface area contributed by atoms with Crippen LogP contribution in [0.5, 0.6) is 0 Å². The van der Waals surface area contributed by atoms with Gasteiger partial charge >= 0.3 is 0 Å². The first-order valence-electron chi connectivity index (χ1n) is 6.74. The fourth-order valence-electron chi connectivity index (χ4n) is 1.93. The lowest BCUT2D eigenvalue weighted by atomic mass is 10.2. The SMILES string of the molecule is CN=C(NCC(c1cccs1)N(C)C)NC(C)COC.I. The molecule has 1 rings (SSSR count). The lowest BCUT2D eigenvalue weighted by molar-refractivity contribution is 0.179. The maximum Gasteiger partial charge on any atom is 0.191 e. The molecule has 2 N–H and O–H groups in total. The summed E-state index contributed by atoms with van der Waals surface area (Å²) in [4.78, 5) is 7.81. The summed E-state index contributed by atoms with van der Waals surface area (Å²) in [7, 11) is 7.67. The largest absolute Gasteiger partial charge is 0.383 e. The van der Waals surface area contributed by atoms with Crippen LogP contribution in [0.4, 0.5) is 0 Å². The molecule has 0 aromatic carbocycles. The van der Waals surface area contributed by atoms with E-state index in [1.165, 1.54) is 4.88 Å². The van der Waals surface area contributed by atoms with E-state index >= 15 is 0 Å². The van der Waals surface area contributed by atoms with Crippen molar-refractivity contribution in [1.82, 2.24) is 15.5 Å². The standard InChI is InChI=1S/C14H26N4OS.HI/c1-11(10-19-5)17-14(15-2)16-9-12(18(3)4)13-7-6-8-20-13;/h6-8,11-12H,9-10H2,1-5H3,(H2,15,16,17);1H. The highest BCUT2D eigenvalue weighted by atomic mass is 127. The van der Waals surface area contributed by atoms with Gasteiger partial charge in [-0.1, -0.05) is 6.07 Å². The molecule has 7 heteroatoms. The van der Waals surface area contributed by atoms with Crippen molar-refractivity contribution in [3.8, 4) is 0 Å². The van der Waals surface area contributed by atoms with E-state index in [-0.39, 0.29) is 30.0 Å². The number of aliphatic imine (C=N–C) groups is 1. The van der Waals surface area contributed by atoms with E-state index in [2.05, 4.69) is 59.1 Å². The van der Waals surface area contributed by atoms with Crippen molar-refractivity contribution in [2.75, 3.05) is 41.4 Å². The molecule has 21 heavy (non-hydrogen) atoms. The molecule has 0 radical (unpaired) electrons. The Balaban J connectivity index is 0.00000400. The third-order valence-corrected chi connectivity index (χ3v) is 3.95. The van der Waals surface area contributed by atoms with Gasteiger partial charge in [0.05, 0.1) is 12.6 Å². The zero-order valence-electron chi connectivity index (χ0n) is 13.4. The third-order valence-electron chi connectivity index (χ3n) is 2.98. The number of rotatable bonds is 7. The second-order valence-electron chi connectivity index (χ2n) is 4.95. The number of ether oxygens (including phenoxy) is 1. The van der Waals surface area contributed by atoms with Gasteiger partial charge in [-0.3, -0.25) is 4.99 Å². The average Bonchev–Trinajstić information content (AvgIpc) is 2.91. The van der Waals surface area contributed by atoms with Gasteiger partial charge in [0.2, 0.25) is 0 Å². The number of halogens is 1. The Kier molecular flexibility index (Phi) is 11.0. The minimum atomic E-state index is 0. The number of thiophene rings is 1. The summed E-state index contributed by atoms with van der Waals surface area (Å²) in [5.41, 5.74) is 0. The van der Waals surface area contributed by atoms with Crippen LogP contribution in [0.2, 0.25) is 0 Å². The van der Waals surface area contributed by atoms with Gasteiger partial charge in [-0.25, -0.2) is 0 Å². The highest BCUT2D eigenvalue weighted by molar-refractivity contribution is 14.0. The molecule has 2 atom stereocenters. The van der Waals surface area contributed by atoms with Crippen LogP contribution in [0.25, 0.3) is 0 Å². The molecule has 0 bridgehead atoms. The van der Waals surface area contributed by atoms with Gasteiger partial charge in [0, 0.05) is 31.6 Å². The number of nitrogens with one attached hydrogen (secondary N) is 2. The van der Waals surface area contributed by atoms with Crippen LogP contribution >= 0.6 is 35.3 Å². The Bertz CT molecular complexity index is 398. The summed E-state index contributed by atoms with van der Waals surface area (Å²) < 4.78 is 5.12. The normalized spacial score (nSPS) is 14.5. The van der Waals surface area contributed by atoms with Crippen LogP contribution in [0, 0.1) is 0 Å². The number of guanidine groups is 1. The van der Waals surface area contributed by atoms with Crippen molar-refractivity contribution < 1.29 is 4.74 Å². The summed E-state index contributed by atoms with van der Waals surface area (Å²) in [6.07, 6.45) is 0. The number of hydrogen-bond donors (Lipinski definition) is 2. The van der Waals surface area contributed by atoms with Gasteiger partial charge in [0.25, 0.3) is 0 Å². The van der Waals surface area contributed by atoms with Crippen LogP contribution in [0.15, 0.2) is 22.5 Å². The van der Waals surface area contributed by atoms with Crippen molar-refractivity contribution in [2.24, 2.45) is 4.99 Å². The Morgan fingerprint density at radius 1 is 1.48 bits per heavy atom. The fraction of sp³-hybridized carbons (Fsp3) is 0.643. The monoisotopic (exact) mass is 426 g/mol. The number of nitrogens with zero attached hydrogens (tertiary/aromatic N) is 2. The second kappa shape index (κ2) is 11.2. The molecular weight excluding hydrogens is 399 g/mol. The van der Waals surface area contributed by atoms with Crippen molar-refractivity contribution in [1.29, 1.82) is 0 Å². The first-order chi connectivity index (χ1) is 9.58. The highest BCUT2D eigenvalue weighted by Gasteiger charge is 2.15. The highest BCUT2D eigenvalue weighted by Crippen LogP contribution is 2.22. The van der Waals surface area contributed by atoms with Gasteiger partial charge in [0.1, 0.15) is 0 Å². The number of likely N-dealkylation sites (N-methyl/N-ethyl adjacent to an activating group) is 1. The molecule has 0 saturated carbocycles. The minimum Gasteiger partial charge on any atom is -0.383 e. The molecule has 2 unspecified atom stereocenters. The molecule has 0 spiro atoms. The van der Waals surface area contributed by atoms with E-state index in [9.17, 15) is 0 Å². The smallest absolute Gasteiger partial charge is 0.191 e. The lowest BCUT2D eigenvalue weighted by Gasteiger charge is -2.25. The van der Waals surface area contributed by atoms with E-state index in [1.807, 2.05) is 0 Å². The van der Waals surface area contributed by atoms with Gasteiger partial charge in [0.15, 0.2) is 5.96 Å². The number of methoxy groups -OCH3 is 1. The zero-order valence-corrected chi connectivity index (χ0v) is 16.6. The summed E-state index contributed by atoms with van der Waals surface area (Å²) in [6, 6.07) is 4.82. The van der Waals surface area contributed by atoms with Crippen molar-refractivity contribution in [3.63, 3.8) is 0 Å². The van der Waals surface area contributed by atoms with E-state index in [0.717, 1.165) is 12.5 Å². The topological polar surface area (TPSA) is 48.9 Å². The lowest BCUT2D eigenvalue weighted by Crippen LogP contribution is -2.46. The van der Waals surface area contributed by atoms with Crippen molar-refractivity contribution in [2.45, 2.75) is 19.0 Å². The Hall–Kier alpha value is -0.380. The molecule has 0 amide bonds. The number of hydrogen-bond acceptors (Lipinski definition) is 4. The predicted molar refractivity (Wildman–Crippen MR) is 102 cm³/mol. The first-order valence-corrected chi connectivity index (χ1v) is 7.62. The van der Waals surface area contributed by atoms with Crippen LogP contribution in [-0.2, 0) is 4.74 Å². The molecule has 0 aliphatic carbocycles. The van der Waals surface area contributed by atoms with Crippen molar-refractivity contribution >= 4 is 41.3 Å². The second-order valence-corrected chi connectivity index (χ2v) is 5.93. The third kappa shape index (κ3) is 7.44. The summed E-state index contributed by atoms with van der Waals surface area (Å²) >= 11 is 1.78. The summed E-state index contributed by atoms with van der Waals surface area (Å²) in [6.45, 7) is 3.54. The average molecular weight is 426 g/mol. The van der Waals surface area contributed by atoms with Crippen molar-refractivity contribution in [3.05, 3.63) is 22.4 Å². The predicted octanol–water partition coefficient (Wildman–Crippen LogP) is 2.17. The van der Waals surface area contributed by atoms with Gasteiger partial charge in [-0.05, 0) is 32.5 Å². The fourth-order valence-corrected chi connectivity index (χ4v) is 2.85. The zero-order chi connectivity index (χ0) is 15.0. The molecule has 5 nitrogen and oxygen atoms in total. The van der Waals surface area contributed by atoms with Gasteiger partial charge in [-0.15, -0.1) is 35.3 Å². The van der Waals surface area contributed by atoms with E-state index < -0.39 is 0 Å². The molecule has 0 aliphatic heterocycles. The molecule has 0 aliphatic rings. The van der Waals surface area contributed by atoms with Crippen LogP contribution in [-0.4, -0.2) is 58.3 Å². The minimum absolute atomic E-state index is 0. The molecule has 0 saturated heterocycles. The van der Waals surface area contributed by atoms with E-state index in [0.29, 0.717) is 12.6 Å². The Labute approximate surface area is 149 Å². The van der Waals surface area contributed by atoms with Gasteiger partial charge in [-0.2, -0.15) is 0 Å². The van der Waals surface area contributed by atoms with Crippen LogP contribution in [0.1, 0.15) is 17.8 Å². The summed E-state index contributed by atoms with van der Waals surface area (Å²) in [5, 5.41) is 8.79. The molecule has 1 aromatic heterocycles. The maximum atomic E-state index is 5.12. The van der Waals surface area contributed by atoms with Gasteiger partial charge < -0.3 is 20.3 Å². The van der Waals surface area contributed by atoms with E-state index in [1.54, 1.807) is 25.5 Å². The Morgan fingerprint density at radius 3 is 2.67 bits per heavy atom. The maximum absolute atomic E-state index is 5.12. The quantitative estimate of drug-likeness (QED) is 0.399. The molecular formula is C14H27IN4OS. The summed E-state index contributed by atoms with van der Waals surface area (Å²) in [5.74, 6) is 0.804. The molecule has 1 heterocycles. The first kappa shape index (κ1) is 20.6. The van der Waals surface area contributed by atoms with Crippen LogP contribution in [0.3, 0.4) is 0 Å². The Morgan fingerprint density at radius 2 is 2.19 bits per heavy atom. The molecule has 0 fully saturated rings. The molecule has 1 aromatic rings.